The molecule has 0 spiro atoms. The van der Waals surface area contributed by atoms with E-state index in [1.807, 2.05) is 19.1 Å². The third kappa shape index (κ3) is 2.87. The first-order valence-electron chi connectivity index (χ1n) is 5.01. The zero-order valence-electron chi connectivity index (χ0n) is 8.57. The van der Waals surface area contributed by atoms with E-state index in [9.17, 15) is 4.79 Å². The predicted octanol–water partition coefficient (Wildman–Crippen LogP) is 2.20. The standard InChI is InChI=1S/C12H17NO/c1-3-10(2)13-12(9-14)11-7-5-4-6-8-11/h4-7,9,11-13H,2-3,8H2,1H3/t11?,12-/m1/s1. The van der Waals surface area contributed by atoms with Crippen molar-refractivity contribution < 1.29 is 4.79 Å². The normalized spacial score (nSPS) is 21.6. The summed E-state index contributed by atoms with van der Waals surface area (Å²) in [6, 6.07) is -0.136. The number of hydrogen-bond acceptors (Lipinski definition) is 2. The van der Waals surface area contributed by atoms with Crippen molar-refractivity contribution in [3.05, 3.63) is 36.6 Å². The lowest BCUT2D eigenvalue weighted by molar-refractivity contribution is -0.110. The molecule has 1 N–H and O–H groups in total. The van der Waals surface area contributed by atoms with Gasteiger partial charge in [0.25, 0.3) is 0 Å². The molecule has 0 saturated heterocycles. The van der Waals surface area contributed by atoms with E-state index >= 15 is 0 Å². The van der Waals surface area contributed by atoms with Crippen molar-refractivity contribution in [2.75, 3.05) is 0 Å². The lowest BCUT2D eigenvalue weighted by Crippen LogP contribution is -2.36. The van der Waals surface area contributed by atoms with Crippen LogP contribution in [0.5, 0.6) is 0 Å². The van der Waals surface area contributed by atoms with Crippen LogP contribution >= 0.6 is 0 Å². The fourth-order valence-electron chi connectivity index (χ4n) is 1.45. The van der Waals surface area contributed by atoms with E-state index in [-0.39, 0.29) is 12.0 Å². The Morgan fingerprint density at radius 1 is 1.71 bits per heavy atom. The summed E-state index contributed by atoms with van der Waals surface area (Å²) in [5.74, 6) is 0.265. The van der Waals surface area contributed by atoms with E-state index < -0.39 is 0 Å². The largest absolute Gasteiger partial charge is 0.379 e. The lowest BCUT2D eigenvalue weighted by Gasteiger charge is -2.22. The van der Waals surface area contributed by atoms with Gasteiger partial charge >= 0.3 is 0 Å². The summed E-state index contributed by atoms with van der Waals surface area (Å²) in [4.78, 5) is 10.9. The van der Waals surface area contributed by atoms with E-state index in [1.165, 1.54) is 0 Å². The van der Waals surface area contributed by atoms with Crippen molar-refractivity contribution in [1.29, 1.82) is 0 Å². The van der Waals surface area contributed by atoms with Crippen LogP contribution in [0.3, 0.4) is 0 Å². The minimum Gasteiger partial charge on any atom is -0.379 e. The number of aldehydes is 1. The molecule has 0 saturated carbocycles. The average molecular weight is 191 g/mol. The Balaban J connectivity index is 2.53. The van der Waals surface area contributed by atoms with Crippen LogP contribution in [0.25, 0.3) is 0 Å². The van der Waals surface area contributed by atoms with Crippen molar-refractivity contribution in [2.45, 2.75) is 25.8 Å². The molecule has 2 nitrogen and oxygen atoms in total. The molecule has 0 bridgehead atoms. The third-order valence-electron chi connectivity index (χ3n) is 2.42. The Labute approximate surface area is 85.4 Å². The molecule has 0 heterocycles. The van der Waals surface area contributed by atoms with Gasteiger partial charge in [0.1, 0.15) is 6.29 Å². The molecule has 1 unspecified atom stereocenters. The number of hydrogen-bond donors (Lipinski definition) is 1. The molecule has 0 aromatic heterocycles. The highest BCUT2D eigenvalue weighted by Crippen LogP contribution is 2.15. The van der Waals surface area contributed by atoms with E-state index in [0.717, 1.165) is 24.8 Å². The van der Waals surface area contributed by atoms with Crippen LogP contribution in [0.2, 0.25) is 0 Å². The Hall–Kier alpha value is -1.31. The van der Waals surface area contributed by atoms with Gasteiger partial charge in [0.2, 0.25) is 0 Å². The van der Waals surface area contributed by atoms with Crippen molar-refractivity contribution >= 4 is 6.29 Å². The molecule has 0 amide bonds. The summed E-state index contributed by atoms with van der Waals surface area (Å²) in [5.41, 5.74) is 0.921. The van der Waals surface area contributed by atoms with Gasteiger partial charge in [-0.1, -0.05) is 37.8 Å². The van der Waals surface area contributed by atoms with Gasteiger partial charge in [-0.2, -0.15) is 0 Å². The van der Waals surface area contributed by atoms with Crippen LogP contribution in [0.4, 0.5) is 0 Å². The number of allylic oxidation sites excluding steroid dienone is 4. The molecule has 2 heteroatoms. The molecule has 14 heavy (non-hydrogen) atoms. The maximum atomic E-state index is 10.9. The fourth-order valence-corrected chi connectivity index (χ4v) is 1.45. The highest BCUT2D eigenvalue weighted by Gasteiger charge is 2.18. The van der Waals surface area contributed by atoms with Gasteiger partial charge in [-0.05, 0) is 12.8 Å². The predicted molar refractivity (Wildman–Crippen MR) is 58.8 cm³/mol. The van der Waals surface area contributed by atoms with Crippen molar-refractivity contribution in [1.82, 2.24) is 5.32 Å². The minimum absolute atomic E-state index is 0.136. The molecule has 2 atom stereocenters. The maximum Gasteiger partial charge on any atom is 0.142 e. The highest BCUT2D eigenvalue weighted by atomic mass is 16.1. The molecular formula is C12H17NO. The summed E-state index contributed by atoms with van der Waals surface area (Å²) < 4.78 is 0. The summed E-state index contributed by atoms with van der Waals surface area (Å²) in [5, 5.41) is 3.14. The van der Waals surface area contributed by atoms with E-state index in [2.05, 4.69) is 24.0 Å². The molecule has 0 aliphatic heterocycles. The number of carbonyl (C=O) groups is 1. The van der Waals surface area contributed by atoms with E-state index in [1.54, 1.807) is 0 Å². The highest BCUT2D eigenvalue weighted by molar-refractivity contribution is 5.59. The fraction of sp³-hybridized carbons (Fsp3) is 0.417. The van der Waals surface area contributed by atoms with E-state index in [4.69, 9.17) is 0 Å². The Kier molecular flexibility index (Phi) is 4.17. The quantitative estimate of drug-likeness (QED) is 0.675. The molecule has 0 fully saturated rings. The number of carbonyl (C=O) groups excluding carboxylic acids is 1. The molecule has 0 aromatic rings. The van der Waals surface area contributed by atoms with Crippen LogP contribution in [-0.2, 0) is 4.79 Å². The van der Waals surface area contributed by atoms with Crippen LogP contribution in [0.15, 0.2) is 36.6 Å². The summed E-state index contributed by atoms with van der Waals surface area (Å²) in [6.45, 7) is 5.87. The van der Waals surface area contributed by atoms with Gasteiger partial charge in [0, 0.05) is 11.6 Å². The molecule has 76 valence electrons. The monoisotopic (exact) mass is 191 g/mol. The molecule has 1 aliphatic carbocycles. The van der Waals surface area contributed by atoms with Crippen LogP contribution < -0.4 is 5.32 Å². The first kappa shape index (κ1) is 10.8. The second-order valence-corrected chi connectivity index (χ2v) is 3.48. The van der Waals surface area contributed by atoms with Crippen LogP contribution in [0.1, 0.15) is 19.8 Å². The molecule has 1 aliphatic rings. The minimum atomic E-state index is -0.136. The third-order valence-corrected chi connectivity index (χ3v) is 2.42. The Morgan fingerprint density at radius 2 is 2.50 bits per heavy atom. The maximum absolute atomic E-state index is 10.9. The smallest absolute Gasteiger partial charge is 0.142 e. The van der Waals surface area contributed by atoms with Gasteiger partial charge in [-0.15, -0.1) is 0 Å². The van der Waals surface area contributed by atoms with Crippen molar-refractivity contribution in [3.63, 3.8) is 0 Å². The lowest BCUT2D eigenvalue weighted by atomic mass is 9.93. The van der Waals surface area contributed by atoms with Crippen LogP contribution in [0, 0.1) is 5.92 Å². The topological polar surface area (TPSA) is 29.1 Å². The van der Waals surface area contributed by atoms with Crippen molar-refractivity contribution in [2.24, 2.45) is 5.92 Å². The van der Waals surface area contributed by atoms with Gasteiger partial charge in [-0.3, -0.25) is 0 Å². The second kappa shape index (κ2) is 5.43. The molecular weight excluding hydrogens is 174 g/mol. The molecule has 0 radical (unpaired) electrons. The first-order valence-corrected chi connectivity index (χ1v) is 5.01. The summed E-state index contributed by atoms with van der Waals surface area (Å²) in [6.07, 6.45) is 10.9. The Bertz CT molecular complexity index is 265. The summed E-state index contributed by atoms with van der Waals surface area (Å²) in [7, 11) is 0. The summed E-state index contributed by atoms with van der Waals surface area (Å²) >= 11 is 0. The zero-order chi connectivity index (χ0) is 10.4. The molecule has 0 aromatic carbocycles. The molecule has 1 rings (SSSR count). The van der Waals surface area contributed by atoms with Gasteiger partial charge in [0.15, 0.2) is 0 Å². The number of nitrogens with one attached hydrogen (secondary N) is 1. The zero-order valence-corrected chi connectivity index (χ0v) is 8.57. The van der Waals surface area contributed by atoms with Crippen LogP contribution in [-0.4, -0.2) is 12.3 Å². The Morgan fingerprint density at radius 3 is 3.00 bits per heavy atom. The van der Waals surface area contributed by atoms with Crippen molar-refractivity contribution in [3.8, 4) is 0 Å². The average Bonchev–Trinajstić information content (AvgIpc) is 2.26. The second-order valence-electron chi connectivity index (χ2n) is 3.48. The number of rotatable bonds is 5. The van der Waals surface area contributed by atoms with Gasteiger partial charge in [0.05, 0.1) is 6.04 Å². The van der Waals surface area contributed by atoms with E-state index in [0.29, 0.717) is 0 Å². The van der Waals surface area contributed by atoms with Gasteiger partial charge < -0.3 is 10.1 Å². The SMILES string of the molecule is C=C(CC)N[C@H](C=O)C1C=CC=CC1. The first-order chi connectivity index (χ1) is 6.77. The van der Waals surface area contributed by atoms with Gasteiger partial charge in [-0.25, -0.2) is 0 Å².